The molecule has 1 aliphatic rings. The molecular weight excluding hydrogens is 300 g/mol. The van der Waals surface area contributed by atoms with Crippen LogP contribution in [0.25, 0.3) is 0 Å². The van der Waals surface area contributed by atoms with Crippen LogP contribution < -0.4 is 10.5 Å². The molecule has 0 radical (unpaired) electrons. The summed E-state index contributed by atoms with van der Waals surface area (Å²) in [7, 11) is 1.35. The predicted octanol–water partition coefficient (Wildman–Crippen LogP) is 2.16. The molecule has 1 heterocycles. The number of nitrogens with zero attached hydrogens (tertiary/aromatic N) is 1. The lowest BCUT2D eigenvalue weighted by Crippen LogP contribution is -2.27. The molecule has 8 heteroatoms. The van der Waals surface area contributed by atoms with Crippen LogP contribution >= 0.6 is 12.4 Å². The van der Waals surface area contributed by atoms with E-state index in [4.69, 9.17) is 15.2 Å². The number of hydrogen-bond donors (Lipinski definition) is 2. The van der Waals surface area contributed by atoms with Crippen LogP contribution in [0.5, 0.6) is 11.5 Å². The zero-order chi connectivity index (χ0) is 14.7. The molecule has 0 unspecified atom stereocenters. The Hall–Kier alpha value is -1.57. The van der Waals surface area contributed by atoms with Crippen molar-refractivity contribution in [2.45, 2.75) is 18.9 Å². The van der Waals surface area contributed by atoms with Crippen molar-refractivity contribution in [1.82, 2.24) is 0 Å². The first-order chi connectivity index (χ1) is 9.54. The number of halogens is 1. The van der Waals surface area contributed by atoms with E-state index in [0.717, 1.165) is 12.8 Å². The number of methoxy groups -OCH3 is 1. The van der Waals surface area contributed by atoms with Crippen LogP contribution in [0.3, 0.4) is 0 Å². The van der Waals surface area contributed by atoms with E-state index in [1.165, 1.54) is 19.2 Å². The maximum atomic E-state index is 10.9. The Bertz CT molecular complexity index is 506. The van der Waals surface area contributed by atoms with Gasteiger partial charge in [-0.05, 0) is 18.8 Å². The molecule has 1 aliphatic heterocycles. The quantitative estimate of drug-likeness (QED) is 0.650. The minimum absolute atomic E-state index is 0. The van der Waals surface area contributed by atoms with Gasteiger partial charge in [0.05, 0.1) is 18.1 Å². The summed E-state index contributed by atoms with van der Waals surface area (Å²) in [6.07, 6.45) is 1.54. The Balaban J connectivity index is 0.00000220. The van der Waals surface area contributed by atoms with Crippen LogP contribution in [0.1, 0.15) is 24.4 Å². The van der Waals surface area contributed by atoms with Gasteiger partial charge in [-0.2, -0.15) is 0 Å². The average Bonchev–Trinajstić information content (AvgIpc) is 2.47. The van der Waals surface area contributed by atoms with Crippen LogP contribution in [0, 0.1) is 16.0 Å². The normalized spacial score (nSPS) is 16.9. The van der Waals surface area contributed by atoms with Gasteiger partial charge < -0.3 is 20.3 Å². The molecular formula is C13H19ClN2O5. The molecule has 2 rings (SSSR count). The lowest BCUT2D eigenvalue weighted by Gasteiger charge is -2.28. The predicted molar refractivity (Wildman–Crippen MR) is 79.0 cm³/mol. The summed E-state index contributed by atoms with van der Waals surface area (Å²) in [4.78, 5) is 10.4. The zero-order valence-corrected chi connectivity index (χ0v) is 12.5. The molecule has 0 spiro atoms. The van der Waals surface area contributed by atoms with Gasteiger partial charge in [-0.15, -0.1) is 12.4 Å². The lowest BCUT2D eigenvalue weighted by atomic mass is 9.87. The summed E-state index contributed by atoms with van der Waals surface area (Å²) in [5.41, 5.74) is 6.38. The third-order valence-electron chi connectivity index (χ3n) is 3.65. The molecule has 0 aliphatic carbocycles. The Labute approximate surface area is 128 Å². The standard InChI is InChI=1S/C13H18N2O5.ClH/c1-19-11-7-9(15(17)18)6-10(13(11)16)12(14)8-2-4-20-5-3-8;/h6-8,12,16H,2-5,14H2,1H3;1H/t12-;/m0./s1. The summed E-state index contributed by atoms with van der Waals surface area (Å²) in [5.74, 6) is 0.0650. The van der Waals surface area contributed by atoms with Gasteiger partial charge in [0, 0.05) is 30.9 Å². The molecule has 118 valence electrons. The van der Waals surface area contributed by atoms with Gasteiger partial charge in [0.25, 0.3) is 5.69 Å². The molecule has 3 N–H and O–H groups in total. The summed E-state index contributed by atoms with van der Waals surface area (Å²) in [6.45, 7) is 1.23. The summed E-state index contributed by atoms with van der Waals surface area (Å²) in [5, 5.41) is 21.1. The Kier molecular flexibility index (Phi) is 6.19. The van der Waals surface area contributed by atoms with E-state index in [9.17, 15) is 15.2 Å². The topological polar surface area (TPSA) is 108 Å². The van der Waals surface area contributed by atoms with E-state index in [0.29, 0.717) is 18.8 Å². The maximum Gasteiger partial charge on any atom is 0.273 e. The fourth-order valence-electron chi connectivity index (χ4n) is 2.46. The Morgan fingerprint density at radius 2 is 2.10 bits per heavy atom. The third-order valence-corrected chi connectivity index (χ3v) is 3.65. The minimum atomic E-state index is -0.526. The van der Waals surface area contributed by atoms with Crippen molar-refractivity contribution in [2.75, 3.05) is 20.3 Å². The Morgan fingerprint density at radius 1 is 1.48 bits per heavy atom. The lowest BCUT2D eigenvalue weighted by molar-refractivity contribution is -0.385. The highest BCUT2D eigenvalue weighted by molar-refractivity contribution is 5.85. The number of nitrogens with two attached hydrogens (primary N) is 1. The van der Waals surface area contributed by atoms with Crippen molar-refractivity contribution < 1.29 is 19.5 Å². The van der Waals surface area contributed by atoms with E-state index in [-0.39, 0.29) is 35.5 Å². The number of phenols is 1. The van der Waals surface area contributed by atoms with E-state index >= 15 is 0 Å². The van der Waals surface area contributed by atoms with E-state index in [1.54, 1.807) is 0 Å². The van der Waals surface area contributed by atoms with Gasteiger partial charge in [0.2, 0.25) is 0 Å². The number of phenolic OH excluding ortho intramolecular Hbond substituents is 1. The van der Waals surface area contributed by atoms with Crippen LogP contribution in [-0.4, -0.2) is 30.4 Å². The first-order valence-electron chi connectivity index (χ1n) is 6.43. The second kappa shape index (κ2) is 7.44. The van der Waals surface area contributed by atoms with Crippen LogP contribution in [-0.2, 0) is 4.74 Å². The second-order valence-electron chi connectivity index (χ2n) is 4.82. The Morgan fingerprint density at radius 3 is 2.62 bits per heavy atom. The smallest absolute Gasteiger partial charge is 0.273 e. The number of nitro benzene ring substituents is 1. The van der Waals surface area contributed by atoms with Crippen LogP contribution in [0.15, 0.2) is 12.1 Å². The summed E-state index contributed by atoms with van der Waals surface area (Å²) < 4.78 is 10.3. The van der Waals surface area contributed by atoms with Gasteiger partial charge in [-0.25, -0.2) is 0 Å². The minimum Gasteiger partial charge on any atom is -0.504 e. The largest absolute Gasteiger partial charge is 0.504 e. The second-order valence-corrected chi connectivity index (χ2v) is 4.82. The fraction of sp³-hybridized carbons (Fsp3) is 0.538. The first kappa shape index (κ1) is 17.5. The fourth-order valence-corrected chi connectivity index (χ4v) is 2.46. The number of benzene rings is 1. The number of ether oxygens (including phenoxy) is 2. The highest BCUT2D eigenvalue weighted by Crippen LogP contribution is 2.40. The van der Waals surface area contributed by atoms with Crippen molar-refractivity contribution in [3.8, 4) is 11.5 Å². The van der Waals surface area contributed by atoms with E-state index in [2.05, 4.69) is 0 Å². The molecule has 0 aromatic heterocycles. The molecule has 7 nitrogen and oxygen atoms in total. The molecule has 0 bridgehead atoms. The summed E-state index contributed by atoms with van der Waals surface area (Å²) in [6, 6.07) is 2.03. The molecule has 1 fully saturated rings. The third kappa shape index (κ3) is 3.75. The summed E-state index contributed by atoms with van der Waals surface area (Å²) >= 11 is 0. The number of aromatic hydroxyl groups is 1. The number of nitro groups is 1. The van der Waals surface area contributed by atoms with E-state index < -0.39 is 11.0 Å². The van der Waals surface area contributed by atoms with Crippen molar-refractivity contribution in [1.29, 1.82) is 0 Å². The van der Waals surface area contributed by atoms with Crippen LogP contribution in [0.2, 0.25) is 0 Å². The first-order valence-corrected chi connectivity index (χ1v) is 6.43. The van der Waals surface area contributed by atoms with Crippen LogP contribution in [0.4, 0.5) is 5.69 Å². The maximum absolute atomic E-state index is 10.9. The van der Waals surface area contributed by atoms with E-state index in [1.807, 2.05) is 0 Å². The van der Waals surface area contributed by atoms with Crippen molar-refractivity contribution in [3.63, 3.8) is 0 Å². The van der Waals surface area contributed by atoms with Gasteiger partial charge in [-0.1, -0.05) is 0 Å². The molecule has 1 atom stereocenters. The number of rotatable bonds is 4. The molecule has 1 saturated heterocycles. The van der Waals surface area contributed by atoms with Crippen molar-refractivity contribution in [3.05, 3.63) is 27.8 Å². The molecule has 0 saturated carbocycles. The molecule has 1 aromatic carbocycles. The van der Waals surface area contributed by atoms with Gasteiger partial charge in [0.1, 0.15) is 0 Å². The number of hydrogen-bond acceptors (Lipinski definition) is 6. The monoisotopic (exact) mass is 318 g/mol. The van der Waals surface area contributed by atoms with Crippen molar-refractivity contribution in [2.24, 2.45) is 11.7 Å². The number of non-ortho nitro benzene ring substituents is 1. The zero-order valence-electron chi connectivity index (χ0n) is 11.7. The highest BCUT2D eigenvalue weighted by atomic mass is 35.5. The molecule has 21 heavy (non-hydrogen) atoms. The molecule has 0 amide bonds. The SMILES string of the molecule is COc1cc([N+](=O)[O-])cc([C@@H](N)C2CCOCC2)c1O.Cl. The van der Waals surface area contributed by atoms with Gasteiger partial charge in [-0.3, -0.25) is 10.1 Å². The van der Waals surface area contributed by atoms with Crippen molar-refractivity contribution >= 4 is 18.1 Å². The molecule has 1 aromatic rings. The average molecular weight is 319 g/mol. The highest BCUT2D eigenvalue weighted by Gasteiger charge is 2.27. The van der Waals surface area contributed by atoms with Gasteiger partial charge >= 0.3 is 0 Å². The van der Waals surface area contributed by atoms with Gasteiger partial charge in [0.15, 0.2) is 11.5 Å².